The molecule has 1 aromatic heterocycles. The zero-order chi connectivity index (χ0) is 20.4. The van der Waals surface area contributed by atoms with Crippen LogP contribution in [-0.2, 0) is 14.6 Å². The molecule has 1 fully saturated rings. The van der Waals surface area contributed by atoms with Crippen molar-refractivity contribution in [2.45, 2.75) is 29.1 Å². The second kappa shape index (κ2) is 7.92. The summed E-state index contributed by atoms with van der Waals surface area (Å²) in [6.07, 6.45) is 1.85. The molecular formula is C20H17FN2O4S2. The van der Waals surface area contributed by atoms with E-state index in [1.807, 2.05) is 0 Å². The van der Waals surface area contributed by atoms with Crippen LogP contribution in [0.4, 0.5) is 9.52 Å². The maximum atomic E-state index is 13.2. The summed E-state index contributed by atoms with van der Waals surface area (Å²) in [5, 5.41) is 4.50. The van der Waals surface area contributed by atoms with Crippen molar-refractivity contribution < 1.29 is 22.3 Å². The normalized spacial score (nSPS) is 14.9. The molecule has 9 heteroatoms. The van der Waals surface area contributed by atoms with Gasteiger partial charge in [0, 0.05) is 17.1 Å². The summed E-state index contributed by atoms with van der Waals surface area (Å²) >= 11 is 1.26. The van der Waals surface area contributed by atoms with Gasteiger partial charge in [-0.2, -0.15) is 0 Å². The van der Waals surface area contributed by atoms with Crippen LogP contribution in [0.3, 0.4) is 0 Å². The van der Waals surface area contributed by atoms with Gasteiger partial charge < -0.3 is 4.74 Å². The number of amides is 1. The molecule has 0 bridgehead atoms. The zero-order valence-corrected chi connectivity index (χ0v) is 16.8. The second-order valence-corrected chi connectivity index (χ2v) is 9.71. The number of hydrogen-bond donors (Lipinski definition) is 1. The molecule has 2 aromatic carbocycles. The van der Waals surface area contributed by atoms with Crippen LogP contribution in [0.25, 0.3) is 0 Å². The summed E-state index contributed by atoms with van der Waals surface area (Å²) in [6, 6.07) is 11.4. The van der Waals surface area contributed by atoms with Crippen molar-refractivity contribution in [1.29, 1.82) is 0 Å². The number of halogens is 1. The lowest BCUT2D eigenvalue weighted by Gasteiger charge is -2.19. The molecule has 1 heterocycles. The summed E-state index contributed by atoms with van der Waals surface area (Å²) in [4.78, 5) is 17.1. The number of benzene rings is 2. The predicted octanol–water partition coefficient (Wildman–Crippen LogP) is 3.98. The second-order valence-electron chi connectivity index (χ2n) is 6.59. The minimum Gasteiger partial charge on any atom is -0.476 e. The van der Waals surface area contributed by atoms with E-state index in [0.717, 1.165) is 0 Å². The Labute approximate surface area is 171 Å². The lowest BCUT2D eigenvalue weighted by atomic mass is 10.1. The standard InChI is InChI=1S/C20H17FN2O4S2/c21-14-3-5-15(6-4-14)27-18(19(24)23-20-22-11-12-28-20)13-1-7-16(8-2-13)29(25,26)17-9-10-17/h1-8,11-12,17-18H,9-10H2,(H,22,23,24). The van der Waals surface area contributed by atoms with Crippen molar-refractivity contribution >= 4 is 32.2 Å². The quantitative estimate of drug-likeness (QED) is 0.610. The van der Waals surface area contributed by atoms with Crippen LogP contribution in [0.5, 0.6) is 5.75 Å². The van der Waals surface area contributed by atoms with E-state index in [1.165, 1.54) is 47.7 Å². The summed E-state index contributed by atoms with van der Waals surface area (Å²) in [5.74, 6) is -0.585. The number of anilines is 1. The average Bonchev–Trinajstić information content (AvgIpc) is 3.47. The van der Waals surface area contributed by atoms with Gasteiger partial charge in [0.05, 0.1) is 10.1 Å². The third kappa shape index (κ3) is 4.46. The van der Waals surface area contributed by atoms with Gasteiger partial charge in [-0.3, -0.25) is 10.1 Å². The molecule has 1 atom stereocenters. The molecule has 1 aliphatic carbocycles. The number of ether oxygens (including phenoxy) is 1. The van der Waals surface area contributed by atoms with E-state index in [1.54, 1.807) is 23.7 Å². The SMILES string of the molecule is O=C(Nc1nccs1)C(Oc1ccc(F)cc1)c1ccc(S(=O)(=O)C2CC2)cc1. The third-order valence-electron chi connectivity index (χ3n) is 4.44. The Bertz CT molecular complexity index is 1090. The summed E-state index contributed by atoms with van der Waals surface area (Å²) in [6.45, 7) is 0. The van der Waals surface area contributed by atoms with E-state index in [9.17, 15) is 17.6 Å². The topological polar surface area (TPSA) is 85.4 Å². The molecule has 0 spiro atoms. The van der Waals surface area contributed by atoms with Crippen molar-refractivity contribution in [3.05, 3.63) is 71.5 Å². The largest absolute Gasteiger partial charge is 0.476 e. The van der Waals surface area contributed by atoms with Gasteiger partial charge in [0.1, 0.15) is 11.6 Å². The Hall–Kier alpha value is -2.78. The van der Waals surface area contributed by atoms with Gasteiger partial charge in [-0.05, 0) is 49.2 Å². The molecule has 1 saturated carbocycles. The van der Waals surface area contributed by atoms with E-state index in [2.05, 4.69) is 10.3 Å². The Morgan fingerprint density at radius 1 is 1.14 bits per heavy atom. The number of hydrogen-bond acceptors (Lipinski definition) is 6. The molecule has 1 aliphatic rings. The molecule has 4 rings (SSSR count). The fraction of sp³-hybridized carbons (Fsp3) is 0.200. The number of thiazole rings is 1. The fourth-order valence-electron chi connectivity index (χ4n) is 2.78. The molecule has 0 aliphatic heterocycles. The lowest BCUT2D eigenvalue weighted by Crippen LogP contribution is -2.25. The average molecular weight is 432 g/mol. The Kier molecular flexibility index (Phi) is 5.33. The van der Waals surface area contributed by atoms with Crippen LogP contribution >= 0.6 is 11.3 Å². The molecule has 29 heavy (non-hydrogen) atoms. The Morgan fingerprint density at radius 3 is 2.41 bits per heavy atom. The first kappa shape index (κ1) is 19.5. The molecule has 1 N–H and O–H groups in total. The maximum absolute atomic E-state index is 13.2. The van der Waals surface area contributed by atoms with E-state index in [4.69, 9.17) is 4.74 Å². The molecule has 3 aromatic rings. The minimum absolute atomic E-state index is 0.226. The third-order valence-corrected chi connectivity index (χ3v) is 7.41. The van der Waals surface area contributed by atoms with Crippen molar-refractivity contribution in [3.63, 3.8) is 0 Å². The van der Waals surface area contributed by atoms with E-state index < -0.39 is 27.7 Å². The molecular weight excluding hydrogens is 415 g/mol. The first-order chi connectivity index (χ1) is 13.9. The maximum Gasteiger partial charge on any atom is 0.271 e. The molecule has 1 unspecified atom stereocenters. The van der Waals surface area contributed by atoms with Gasteiger partial charge in [-0.25, -0.2) is 17.8 Å². The number of nitrogens with zero attached hydrogens (tertiary/aromatic N) is 1. The predicted molar refractivity (Wildman–Crippen MR) is 107 cm³/mol. The summed E-state index contributed by atoms with van der Waals surface area (Å²) < 4.78 is 43.8. The highest BCUT2D eigenvalue weighted by molar-refractivity contribution is 7.92. The van der Waals surface area contributed by atoms with Gasteiger partial charge in [-0.1, -0.05) is 12.1 Å². The number of carbonyl (C=O) groups excluding carboxylic acids is 1. The Morgan fingerprint density at radius 2 is 1.83 bits per heavy atom. The molecule has 150 valence electrons. The highest BCUT2D eigenvalue weighted by Gasteiger charge is 2.37. The Balaban J connectivity index is 1.61. The van der Waals surface area contributed by atoms with Crippen LogP contribution in [0.2, 0.25) is 0 Å². The number of carbonyl (C=O) groups is 1. The number of aromatic nitrogens is 1. The monoisotopic (exact) mass is 432 g/mol. The minimum atomic E-state index is -3.32. The van der Waals surface area contributed by atoms with Crippen LogP contribution in [0.15, 0.2) is 65.0 Å². The van der Waals surface area contributed by atoms with Crippen LogP contribution < -0.4 is 10.1 Å². The van der Waals surface area contributed by atoms with E-state index in [-0.39, 0.29) is 10.1 Å². The van der Waals surface area contributed by atoms with Gasteiger partial charge in [-0.15, -0.1) is 11.3 Å². The summed E-state index contributed by atoms with van der Waals surface area (Å²) in [7, 11) is -3.32. The van der Waals surface area contributed by atoms with Crippen molar-refractivity contribution in [1.82, 2.24) is 4.98 Å². The van der Waals surface area contributed by atoms with E-state index >= 15 is 0 Å². The zero-order valence-electron chi connectivity index (χ0n) is 15.1. The summed E-state index contributed by atoms with van der Waals surface area (Å²) in [5.41, 5.74) is 0.470. The number of nitrogens with one attached hydrogen (secondary N) is 1. The van der Waals surface area contributed by atoms with Crippen LogP contribution in [0.1, 0.15) is 24.5 Å². The molecule has 0 saturated heterocycles. The smallest absolute Gasteiger partial charge is 0.271 e. The lowest BCUT2D eigenvalue weighted by molar-refractivity contribution is -0.123. The van der Waals surface area contributed by atoms with E-state index in [0.29, 0.717) is 29.3 Å². The fourth-order valence-corrected chi connectivity index (χ4v) is 4.97. The van der Waals surface area contributed by atoms with Gasteiger partial charge in [0.15, 0.2) is 15.0 Å². The van der Waals surface area contributed by atoms with Crippen LogP contribution in [-0.4, -0.2) is 24.6 Å². The first-order valence-corrected chi connectivity index (χ1v) is 11.3. The first-order valence-electron chi connectivity index (χ1n) is 8.90. The highest BCUT2D eigenvalue weighted by Crippen LogP contribution is 2.34. The highest BCUT2D eigenvalue weighted by atomic mass is 32.2. The number of rotatable bonds is 7. The molecule has 1 amide bonds. The van der Waals surface area contributed by atoms with Gasteiger partial charge >= 0.3 is 0 Å². The number of sulfone groups is 1. The molecule has 0 radical (unpaired) electrons. The van der Waals surface area contributed by atoms with Crippen molar-refractivity contribution in [2.75, 3.05) is 5.32 Å². The van der Waals surface area contributed by atoms with Crippen LogP contribution in [0, 0.1) is 5.82 Å². The van der Waals surface area contributed by atoms with Gasteiger partial charge in [0.2, 0.25) is 6.10 Å². The van der Waals surface area contributed by atoms with Crippen molar-refractivity contribution in [3.8, 4) is 5.75 Å². The molecule has 6 nitrogen and oxygen atoms in total. The van der Waals surface area contributed by atoms with Crippen molar-refractivity contribution in [2.24, 2.45) is 0 Å². The van der Waals surface area contributed by atoms with Gasteiger partial charge in [0.25, 0.3) is 5.91 Å².